The van der Waals surface area contributed by atoms with Gasteiger partial charge in [-0.05, 0) is 29.8 Å². The van der Waals surface area contributed by atoms with Crippen molar-refractivity contribution in [3.05, 3.63) is 52.2 Å². The normalized spacial score (nSPS) is 10.7. The zero-order valence-electron chi connectivity index (χ0n) is 10.2. The predicted molar refractivity (Wildman–Crippen MR) is 82.3 cm³/mol. The Labute approximate surface area is 128 Å². The van der Waals surface area contributed by atoms with Crippen LogP contribution in [-0.4, -0.2) is 10.1 Å². The fourth-order valence-electron chi connectivity index (χ4n) is 1.97. The summed E-state index contributed by atoms with van der Waals surface area (Å²) in [6.45, 7) is 0. The third-order valence-electron chi connectivity index (χ3n) is 2.87. The molecule has 0 unspecified atom stereocenters. The maximum absolute atomic E-state index is 6.27. The van der Waals surface area contributed by atoms with Crippen molar-refractivity contribution in [2.45, 2.75) is 0 Å². The van der Waals surface area contributed by atoms with Crippen molar-refractivity contribution in [1.29, 1.82) is 0 Å². The van der Waals surface area contributed by atoms with Crippen LogP contribution in [0, 0.1) is 0 Å². The summed E-state index contributed by atoms with van der Waals surface area (Å²) in [7, 11) is 0. The molecule has 0 radical (unpaired) electrons. The highest BCUT2D eigenvalue weighted by molar-refractivity contribution is 9.10. The number of aromatic nitrogens is 2. The fourth-order valence-corrected chi connectivity index (χ4v) is 2.73. The molecule has 20 heavy (non-hydrogen) atoms. The highest BCUT2D eigenvalue weighted by Gasteiger charge is 2.19. The number of nitrogen functional groups attached to an aromatic ring is 1. The molecule has 6 heteroatoms. The number of rotatable bonds is 2. The summed E-state index contributed by atoms with van der Waals surface area (Å²) in [5, 5.41) is 4.60. The van der Waals surface area contributed by atoms with Gasteiger partial charge in [-0.15, -0.1) is 0 Å². The number of nitrogens with zero attached hydrogens (tertiary/aromatic N) is 2. The lowest BCUT2D eigenvalue weighted by Gasteiger charge is -2.05. The van der Waals surface area contributed by atoms with Crippen LogP contribution in [-0.2, 0) is 0 Å². The summed E-state index contributed by atoms with van der Waals surface area (Å²) in [5.74, 6) is 0.255. The number of anilines is 1. The molecule has 0 saturated heterocycles. The van der Waals surface area contributed by atoms with Crippen LogP contribution in [0.1, 0.15) is 0 Å². The number of benzene rings is 1. The van der Waals surface area contributed by atoms with E-state index in [2.05, 4.69) is 26.1 Å². The summed E-state index contributed by atoms with van der Waals surface area (Å²) in [6.07, 6.45) is 3.38. The van der Waals surface area contributed by atoms with Crippen molar-refractivity contribution in [3.8, 4) is 22.4 Å². The fraction of sp³-hybridized carbons (Fsp3) is 0. The second-order valence-corrected chi connectivity index (χ2v) is 5.45. The van der Waals surface area contributed by atoms with Crippen molar-refractivity contribution in [1.82, 2.24) is 10.1 Å². The first-order valence-corrected chi connectivity index (χ1v) is 6.95. The standard InChI is InChI=1S/C14H9BrClN3O/c15-9-1-2-10(11(16)7-9)13-12(14(17)20-19-13)8-3-5-18-6-4-8/h1-7H,17H2. The Morgan fingerprint density at radius 1 is 1.15 bits per heavy atom. The van der Waals surface area contributed by atoms with E-state index in [0.717, 1.165) is 21.2 Å². The van der Waals surface area contributed by atoms with Gasteiger partial charge in [0.1, 0.15) is 5.69 Å². The van der Waals surface area contributed by atoms with Gasteiger partial charge in [0.05, 0.1) is 10.6 Å². The molecule has 2 N–H and O–H groups in total. The van der Waals surface area contributed by atoms with E-state index >= 15 is 0 Å². The third kappa shape index (κ3) is 2.30. The molecular weight excluding hydrogens is 342 g/mol. The molecule has 3 aromatic rings. The van der Waals surface area contributed by atoms with Crippen molar-refractivity contribution >= 4 is 33.4 Å². The van der Waals surface area contributed by atoms with Gasteiger partial charge in [-0.1, -0.05) is 38.8 Å². The average molecular weight is 351 g/mol. The molecule has 100 valence electrons. The lowest BCUT2D eigenvalue weighted by molar-refractivity contribution is 0.439. The number of hydrogen-bond donors (Lipinski definition) is 1. The Morgan fingerprint density at radius 2 is 1.90 bits per heavy atom. The molecular formula is C14H9BrClN3O. The largest absolute Gasteiger partial charge is 0.367 e. The molecule has 0 aliphatic heterocycles. The third-order valence-corrected chi connectivity index (χ3v) is 3.68. The second kappa shape index (κ2) is 5.26. The minimum Gasteiger partial charge on any atom is -0.367 e. The Morgan fingerprint density at radius 3 is 2.60 bits per heavy atom. The summed E-state index contributed by atoms with van der Waals surface area (Å²) >= 11 is 9.64. The number of pyridine rings is 1. The van der Waals surface area contributed by atoms with Gasteiger partial charge < -0.3 is 10.3 Å². The molecule has 0 fully saturated rings. The number of halogens is 2. The first-order valence-electron chi connectivity index (χ1n) is 5.78. The van der Waals surface area contributed by atoms with Crippen molar-refractivity contribution in [3.63, 3.8) is 0 Å². The molecule has 0 bridgehead atoms. The highest BCUT2D eigenvalue weighted by Crippen LogP contribution is 2.39. The number of nitrogens with two attached hydrogens (primary N) is 1. The van der Waals surface area contributed by atoms with E-state index in [1.165, 1.54) is 0 Å². The van der Waals surface area contributed by atoms with Gasteiger partial charge in [0.2, 0.25) is 5.88 Å². The Kier molecular flexibility index (Phi) is 3.46. The van der Waals surface area contributed by atoms with Gasteiger partial charge in [-0.2, -0.15) is 0 Å². The summed E-state index contributed by atoms with van der Waals surface area (Å²) in [4.78, 5) is 3.99. The van der Waals surface area contributed by atoms with Crippen LogP contribution in [0.2, 0.25) is 5.02 Å². The SMILES string of the molecule is Nc1onc(-c2ccc(Br)cc2Cl)c1-c1ccncc1. The minimum absolute atomic E-state index is 0.255. The lowest BCUT2D eigenvalue weighted by atomic mass is 10.0. The Bertz CT molecular complexity index is 758. The van der Waals surface area contributed by atoms with Crippen LogP contribution >= 0.6 is 27.5 Å². The molecule has 3 rings (SSSR count). The summed E-state index contributed by atoms with van der Waals surface area (Å²) < 4.78 is 6.02. The maximum Gasteiger partial charge on any atom is 0.230 e. The zero-order chi connectivity index (χ0) is 14.1. The van der Waals surface area contributed by atoms with Crippen LogP contribution in [0.3, 0.4) is 0 Å². The Hall–Kier alpha value is -1.85. The van der Waals surface area contributed by atoms with Crippen LogP contribution in [0.4, 0.5) is 5.88 Å². The summed E-state index contributed by atoms with van der Waals surface area (Å²) in [6, 6.07) is 9.26. The molecule has 0 saturated carbocycles. The molecule has 0 amide bonds. The van der Waals surface area contributed by atoms with Crippen LogP contribution in [0.15, 0.2) is 51.7 Å². The summed E-state index contributed by atoms with van der Waals surface area (Å²) in [5.41, 5.74) is 8.87. The molecule has 0 atom stereocenters. The molecule has 0 spiro atoms. The molecule has 2 aromatic heterocycles. The first-order chi connectivity index (χ1) is 9.66. The van der Waals surface area contributed by atoms with E-state index in [4.69, 9.17) is 21.9 Å². The van der Waals surface area contributed by atoms with Crippen molar-refractivity contribution in [2.24, 2.45) is 0 Å². The minimum atomic E-state index is 0.255. The highest BCUT2D eigenvalue weighted by atomic mass is 79.9. The predicted octanol–water partition coefficient (Wildman–Crippen LogP) is 4.40. The molecule has 0 aliphatic rings. The van der Waals surface area contributed by atoms with E-state index in [0.29, 0.717) is 10.7 Å². The van der Waals surface area contributed by atoms with E-state index in [1.807, 2.05) is 24.3 Å². The molecule has 4 nitrogen and oxygen atoms in total. The molecule has 1 aromatic carbocycles. The first kappa shape index (κ1) is 13.1. The monoisotopic (exact) mass is 349 g/mol. The van der Waals surface area contributed by atoms with E-state index < -0.39 is 0 Å². The van der Waals surface area contributed by atoms with Gasteiger partial charge in [-0.3, -0.25) is 4.98 Å². The lowest BCUT2D eigenvalue weighted by Crippen LogP contribution is -1.88. The van der Waals surface area contributed by atoms with E-state index in [9.17, 15) is 0 Å². The zero-order valence-corrected chi connectivity index (χ0v) is 12.5. The topological polar surface area (TPSA) is 64.9 Å². The van der Waals surface area contributed by atoms with Gasteiger partial charge in [0, 0.05) is 22.4 Å². The maximum atomic E-state index is 6.27. The smallest absolute Gasteiger partial charge is 0.230 e. The number of hydrogen-bond acceptors (Lipinski definition) is 4. The van der Waals surface area contributed by atoms with Gasteiger partial charge in [0.15, 0.2) is 0 Å². The molecule has 0 aliphatic carbocycles. The van der Waals surface area contributed by atoms with E-state index in [1.54, 1.807) is 18.5 Å². The van der Waals surface area contributed by atoms with Gasteiger partial charge >= 0.3 is 0 Å². The average Bonchev–Trinajstić information content (AvgIpc) is 2.81. The second-order valence-electron chi connectivity index (χ2n) is 4.13. The van der Waals surface area contributed by atoms with Crippen LogP contribution < -0.4 is 5.73 Å². The van der Waals surface area contributed by atoms with Crippen LogP contribution in [0.25, 0.3) is 22.4 Å². The van der Waals surface area contributed by atoms with Crippen molar-refractivity contribution < 1.29 is 4.52 Å². The van der Waals surface area contributed by atoms with Gasteiger partial charge in [-0.25, -0.2) is 0 Å². The molecule has 2 heterocycles. The quantitative estimate of drug-likeness (QED) is 0.744. The van der Waals surface area contributed by atoms with Gasteiger partial charge in [0.25, 0.3) is 0 Å². The van der Waals surface area contributed by atoms with Crippen molar-refractivity contribution in [2.75, 3.05) is 5.73 Å². The Balaban J connectivity index is 2.21. The van der Waals surface area contributed by atoms with Crippen LogP contribution in [0.5, 0.6) is 0 Å². The van der Waals surface area contributed by atoms with E-state index in [-0.39, 0.29) is 5.88 Å².